The van der Waals surface area contributed by atoms with Crippen molar-refractivity contribution in [3.05, 3.63) is 36.0 Å². The van der Waals surface area contributed by atoms with E-state index in [9.17, 15) is 18.4 Å². The first-order valence-electron chi connectivity index (χ1n) is 12.1. The number of pyridine rings is 1. The number of hydrogen-bond acceptors (Lipinski definition) is 7. The Bertz CT molecular complexity index is 1150. The van der Waals surface area contributed by atoms with Crippen molar-refractivity contribution < 1.29 is 23.1 Å². The number of amides is 2. The molecule has 0 saturated carbocycles. The average Bonchev–Trinajstić information content (AvgIpc) is 3.21. The number of halogens is 2. The molecule has 9 nitrogen and oxygen atoms in total. The van der Waals surface area contributed by atoms with Crippen molar-refractivity contribution in [1.82, 2.24) is 25.4 Å². The SMILES string of the molecule is CC(CCOc1ccc2nccc(C(=O)NCC(=O)N3CC(F)(F)CC3C#N)c2c1)N1CCNCC1. The van der Waals surface area contributed by atoms with Crippen LogP contribution in [0.5, 0.6) is 5.75 Å². The van der Waals surface area contributed by atoms with Crippen LogP contribution in [0.4, 0.5) is 8.78 Å². The number of rotatable bonds is 8. The minimum absolute atomic E-state index is 0.288. The van der Waals surface area contributed by atoms with Gasteiger partial charge in [0.05, 0.1) is 36.8 Å². The summed E-state index contributed by atoms with van der Waals surface area (Å²) in [5.74, 6) is -3.78. The maximum absolute atomic E-state index is 13.6. The van der Waals surface area contributed by atoms with Gasteiger partial charge in [-0.2, -0.15) is 5.26 Å². The van der Waals surface area contributed by atoms with Gasteiger partial charge in [0.1, 0.15) is 11.8 Å². The number of likely N-dealkylation sites (tertiary alicyclic amines) is 1. The Labute approximate surface area is 208 Å². The van der Waals surface area contributed by atoms with Crippen molar-refractivity contribution in [2.24, 2.45) is 0 Å². The van der Waals surface area contributed by atoms with Gasteiger partial charge in [-0.1, -0.05) is 0 Å². The van der Waals surface area contributed by atoms with Gasteiger partial charge in [-0.3, -0.25) is 19.5 Å². The fraction of sp³-hybridized carbons (Fsp3) is 0.520. The van der Waals surface area contributed by atoms with Gasteiger partial charge in [0.15, 0.2) is 0 Å². The smallest absolute Gasteiger partial charge is 0.268 e. The lowest BCUT2D eigenvalue weighted by molar-refractivity contribution is -0.131. The summed E-state index contributed by atoms with van der Waals surface area (Å²) in [6.45, 7) is 5.40. The fourth-order valence-corrected chi connectivity index (χ4v) is 4.61. The molecule has 1 aromatic carbocycles. The van der Waals surface area contributed by atoms with E-state index in [2.05, 4.69) is 27.4 Å². The lowest BCUT2D eigenvalue weighted by Gasteiger charge is -2.32. The van der Waals surface area contributed by atoms with E-state index in [1.165, 1.54) is 12.3 Å². The van der Waals surface area contributed by atoms with Crippen LogP contribution in [-0.4, -0.2) is 90.5 Å². The van der Waals surface area contributed by atoms with E-state index in [1.54, 1.807) is 24.3 Å². The predicted octanol–water partition coefficient (Wildman–Crippen LogP) is 1.79. The van der Waals surface area contributed by atoms with E-state index < -0.39 is 43.3 Å². The molecule has 2 aromatic rings. The highest BCUT2D eigenvalue weighted by molar-refractivity contribution is 6.07. The number of nitriles is 1. The number of alkyl halides is 2. The van der Waals surface area contributed by atoms with Crippen LogP contribution in [0.2, 0.25) is 0 Å². The molecule has 0 radical (unpaired) electrons. The summed E-state index contributed by atoms with van der Waals surface area (Å²) < 4.78 is 33.2. The normalized spacial score (nSPS) is 20.6. The van der Waals surface area contributed by atoms with Gasteiger partial charge >= 0.3 is 0 Å². The molecule has 0 aliphatic carbocycles. The molecule has 2 N–H and O–H groups in total. The molecule has 2 aliphatic rings. The van der Waals surface area contributed by atoms with Gasteiger partial charge in [-0.25, -0.2) is 8.78 Å². The van der Waals surface area contributed by atoms with Gasteiger partial charge in [-0.15, -0.1) is 0 Å². The Morgan fingerprint density at radius 1 is 1.33 bits per heavy atom. The third-order valence-corrected chi connectivity index (χ3v) is 6.68. The Morgan fingerprint density at radius 2 is 2.11 bits per heavy atom. The molecule has 2 saturated heterocycles. The number of fused-ring (bicyclic) bond motifs is 1. The number of ether oxygens (including phenoxy) is 1. The van der Waals surface area contributed by atoms with E-state index in [0.717, 1.165) is 37.5 Å². The van der Waals surface area contributed by atoms with Crippen LogP contribution in [0, 0.1) is 11.3 Å². The van der Waals surface area contributed by atoms with Crippen LogP contribution in [0.15, 0.2) is 30.5 Å². The Balaban J connectivity index is 1.37. The maximum Gasteiger partial charge on any atom is 0.268 e. The van der Waals surface area contributed by atoms with E-state index in [-0.39, 0.29) is 5.56 Å². The third-order valence-electron chi connectivity index (χ3n) is 6.68. The van der Waals surface area contributed by atoms with E-state index in [1.807, 2.05) is 0 Å². The van der Waals surface area contributed by atoms with Gasteiger partial charge in [-0.05, 0) is 37.6 Å². The summed E-state index contributed by atoms with van der Waals surface area (Å²) in [5.41, 5.74) is 0.871. The highest BCUT2D eigenvalue weighted by atomic mass is 19.3. The van der Waals surface area contributed by atoms with E-state index in [4.69, 9.17) is 10.00 Å². The van der Waals surface area contributed by atoms with Crippen molar-refractivity contribution in [2.75, 3.05) is 45.9 Å². The monoisotopic (exact) mass is 500 g/mol. The molecule has 11 heteroatoms. The topological polar surface area (TPSA) is 111 Å². The lowest BCUT2D eigenvalue weighted by Crippen LogP contribution is -2.47. The van der Waals surface area contributed by atoms with Gasteiger partial charge in [0.2, 0.25) is 5.91 Å². The zero-order chi connectivity index (χ0) is 25.7. The zero-order valence-electron chi connectivity index (χ0n) is 20.2. The largest absolute Gasteiger partial charge is 0.494 e. The minimum Gasteiger partial charge on any atom is -0.494 e. The molecule has 2 atom stereocenters. The van der Waals surface area contributed by atoms with Gasteiger partial charge in [0, 0.05) is 50.2 Å². The molecule has 0 bridgehead atoms. The summed E-state index contributed by atoms with van der Waals surface area (Å²) in [5, 5.41) is 15.5. The summed E-state index contributed by atoms with van der Waals surface area (Å²) >= 11 is 0. The quantitative estimate of drug-likeness (QED) is 0.569. The Hall–Kier alpha value is -3.36. The number of nitrogens with zero attached hydrogens (tertiary/aromatic N) is 4. The number of aromatic nitrogens is 1. The van der Waals surface area contributed by atoms with Crippen LogP contribution in [-0.2, 0) is 4.79 Å². The molecular weight excluding hydrogens is 470 g/mol. The van der Waals surface area contributed by atoms with Crippen LogP contribution < -0.4 is 15.4 Å². The number of carbonyl (C=O) groups is 2. The first kappa shape index (κ1) is 25.7. The number of carbonyl (C=O) groups excluding carboxylic acids is 2. The van der Waals surface area contributed by atoms with Crippen molar-refractivity contribution in [2.45, 2.75) is 37.8 Å². The van der Waals surface area contributed by atoms with Crippen molar-refractivity contribution in [1.29, 1.82) is 5.26 Å². The van der Waals surface area contributed by atoms with Crippen molar-refractivity contribution in [3.8, 4) is 11.8 Å². The predicted molar refractivity (Wildman–Crippen MR) is 129 cm³/mol. The first-order valence-corrected chi connectivity index (χ1v) is 12.1. The summed E-state index contributed by atoms with van der Waals surface area (Å²) in [6, 6.07) is 7.73. The Morgan fingerprint density at radius 3 is 2.86 bits per heavy atom. The zero-order valence-corrected chi connectivity index (χ0v) is 20.2. The second-order valence-electron chi connectivity index (χ2n) is 9.22. The van der Waals surface area contributed by atoms with Crippen LogP contribution >= 0.6 is 0 Å². The number of nitrogens with one attached hydrogen (secondary N) is 2. The highest BCUT2D eigenvalue weighted by Crippen LogP contribution is 2.31. The number of piperazine rings is 1. The van der Waals surface area contributed by atoms with E-state index in [0.29, 0.717) is 29.3 Å². The van der Waals surface area contributed by atoms with Gasteiger partial charge in [0.25, 0.3) is 11.8 Å². The second-order valence-corrected chi connectivity index (χ2v) is 9.22. The molecule has 0 spiro atoms. The van der Waals surface area contributed by atoms with Crippen LogP contribution in [0.1, 0.15) is 30.1 Å². The molecule has 192 valence electrons. The average molecular weight is 501 g/mol. The second kappa shape index (κ2) is 11.1. The third kappa shape index (κ3) is 6.06. The summed E-state index contributed by atoms with van der Waals surface area (Å²) in [7, 11) is 0. The molecule has 36 heavy (non-hydrogen) atoms. The summed E-state index contributed by atoms with van der Waals surface area (Å²) in [4.78, 5) is 32.8. The van der Waals surface area contributed by atoms with E-state index >= 15 is 0 Å². The molecule has 3 heterocycles. The minimum atomic E-state index is -3.11. The molecule has 4 rings (SSSR count). The molecule has 1 aromatic heterocycles. The fourth-order valence-electron chi connectivity index (χ4n) is 4.61. The summed E-state index contributed by atoms with van der Waals surface area (Å²) in [6.07, 6.45) is 1.65. The standard InChI is InChI=1S/C25H30F2N6O3/c1-17(32-9-7-29-8-10-32)5-11-36-19-2-3-22-21(12-19)20(4-6-30-22)24(35)31-15-23(34)33-16-25(26,27)13-18(33)14-28/h2-4,6,12,17-18,29H,5,7-11,13,15-16H2,1H3,(H,31,35). The molecular formula is C25H30F2N6O3. The molecule has 2 aliphatic heterocycles. The van der Waals surface area contributed by atoms with Gasteiger partial charge < -0.3 is 20.3 Å². The van der Waals surface area contributed by atoms with Crippen LogP contribution in [0.25, 0.3) is 10.9 Å². The lowest BCUT2D eigenvalue weighted by atomic mass is 10.1. The highest BCUT2D eigenvalue weighted by Gasteiger charge is 2.47. The maximum atomic E-state index is 13.6. The number of hydrogen-bond donors (Lipinski definition) is 2. The van der Waals surface area contributed by atoms with Crippen LogP contribution in [0.3, 0.4) is 0 Å². The molecule has 2 amide bonds. The van der Waals surface area contributed by atoms with Crippen molar-refractivity contribution >= 4 is 22.7 Å². The molecule has 2 fully saturated rings. The first-order chi connectivity index (χ1) is 17.3. The van der Waals surface area contributed by atoms with Crippen molar-refractivity contribution in [3.63, 3.8) is 0 Å². The number of benzene rings is 1. The molecule has 2 unspecified atom stereocenters. The Kier molecular flexibility index (Phi) is 7.96.